The summed E-state index contributed by atoms with van der Waals surface area (Å²) in [5.41, 5.74) is 0.453. The molecular weight excluding hydrogens is 288 g/mol. The lowest BCUT2D eigenvalue weighted by atomic mass is 10.2. The molecule has 2 aromatic heterocycles. The maximum Gasteiger partial charge on any atom is 0.253 e. The van der Waals surface area contributed by atoms with Gasteiger partial charge in [-0.25, -0.2) is 4.98 Å². The zero-order valence-electron chi connectivity index (χ0n) is 12.0. The maximum absolute atomic E-state index is 12.2. The Morgan fingerprint density at radius 1 is 1.41 bits per heavy atom. The standard InChI is InChI=1S/C14H16N4O4/c1-20-13-3-2-9(4-15-13)14(19)18-11-7-21-8-12(11)22-10-5-16-17-6-10/h2-6,11-12H,7-8H2,1H3,(H,16,17)(H,18,19)/t11-,12+/m0/s1. The van der Waals surface area contributed by atoms with Crippen molar-refractivity contribution < 1.29 is 19.0 Å². The van der Waals surface area contributed by atoms with Crippen molar-refractivity contribution in [2.24, 2.45) is 0 Å². The predicted octanol–water partition coefficient (Wildman–Crippen LogP) is 0.389. The van der Waals surface area contributed by atoms with Gasteiger partial charge in [0.05, 0.1) is 44.3 Å². The number of nitrogens with one attached hydrogen (secondary N) is 2. The summed E-state index contributed by atoms with van der Waals surface area (Å²) >= 11 is 0. The topological polar surface area (TPSA) is 98.4 Å². The van der Waals surface area contributed by atoms with E-state index in [4.69, 9.17) is 14.2 Å². The van der Waals surface area contributed by atoms with E-state index in [0.29, 0.717) is 30.4 Å². The second-order valence-electron chi connectivity index (χ2n) is 4.80. The van der Waals surface area contributed by atoms with E-state index >= 15 is 0 Å². The van der Waals surface area contributed by atoms with Crippen LogP contribution in [0.25, 0.3) is 0 Å². The summed E-state index contributed by atoms with van der Waals surface area (Å²) in [4.78, 5) is 16.2. The van der Waals surface area contributed by atoms with Gasteiger partial charge in [0.1, 0.15) is 6.10 Å². The van der Waals surface area contributed by atoms with Crippen LogP contribution in [0.1, 0.15) is 10.4 Å². The van der Waals surface area contributed by atoms with Gasteiger partial charge in [-0.3, -0.25) is 9.89 Å². The summed E-state index contributed by atoms with van der Waals surface area (Å²) in [5, 5.41) is 9.38. The van der Waals surface area contributed by atoms with Gasteiger partial charge in [-0.15, -0.1) is 0 Å². The van der Waals surface area contributed by atoms with Crippen molar-refractivity contribution in [1.29, 1.82) is 0 Å². The first kappa shape index (κ1) is 14.3. The number of aromatic amines is 1. The number of rotatable bonds is 5. The smallest absolute Gasteiger partial charge is 0.253 e. The Bertz CT molecular complexity index is 614. The molecule has 0 bridgehead atoms. The number of methoxy groups -OCH3 is 1. The van der Waals surface area contributed by atoms with Crippen molar-refractivity contribution in [3.05, 3.63) is 36.3 Å². The Balaban J connectivity index is 1.61. The molecular formula is C14H16N4O4. The third kappa shape index (κ3) is 3.17. The third-order valence-corrected chi connectivity index (χ3v) is 3.31. The lowest BCUT2D eigenvalue weighted by Gasteiger charge is -2.19. The van der Waals surface area contributed by atoms with E-state index in [1.54, 1.807) is 24.5 Å². The van der Waals surface area contributed by atoms with Crippen LogP contribution in [0.4, 0.5) is 0 Å². The molecule has 2 atom stereocenters. The minimum atomic E-state index is -0.257. The molecule has 2 N–H and O–H groups in total. The first-order valence-corrected chi connectivity index (χ1v) is 6.80. The molecule has 1 saturated heterocycles. The average molecular weight is 304 g/mol. The van der Waals surface area contributed by atoms with Gasteiger partial charge in [-0.2, -0.15) is 5.10 Å². The Morgan fingerprint density at radius 2 is 2.32 bits per heavy atom. The molecule has 22 heavy (non-hydrogen) atoms. The van der Waals surface area contributed by atoms with Crippen LogP contribution < -0.4 is 14.8 Å². The molecule has 0 aromatic carbocycles. The number of pyridine rings is 1. The van der Waals surface area contributed by atoms with E-state index in [-0.39, 0.29) is 18.1 Å². The maximum atomic E-state index is 12.2. The quantitative estimate of drug-likeness (QED) is 0.829. The second kappa shape index (κ2) is 6.44. The predicted molar refractivity (Wildman–Crippen MR) is 75.9 cm³/mol. The van der Waals surface area contributed by atoms with Crippen molar-refractivity contribution in [3.63, 3.8) is 0 Å². The minimum absolute atomic E-state index is 0.230. The highest BCUT2D eigenvalue weighted by Crippen LogP contribution is 2.16. The molecule has 1 amide bonds. The lowest BCUT2D eigenvalue weighted by molar-refractivity contribution is 0.0903. The van der Waals surface area contributed by atoms with Crippen LogP contribution in [-0.2, 0) is 4.74 Å². The van der Waals surface area contributed by atoms with Gasteiger partial charge in [0.15, 0.2) is 5.75 Å². The van der Waals surface area contributed by atoms with Crippen molar-refractivity contribution in [3.8, 4) is 11.6 Å². The van der Waals surface area contributed by atoms with E-state index in [9.17, 15) is 4.79 Å². The number of hydrogen-bond donors (Lipinski definition) is 2. The fraction of sp³-hybridized carbons (Fsp3) is 0.357. The van der Waals surface area contributed by atoms with Crippen molar-refractivity contribution in [1.82, 2.24) is 20.5 Å². The number of nitrogens with zero attached hydrogens (tertiary/aromatic N) is 2. The highest BCUT2D eigenvalue weighted by Gasteiger charge is 2.31. The van der Waals surface area contributed by atoms with Crippen molar-refractivity contribution in [2.75, 3.05) is 20.3 Å². The fourth-order valence-electron chi connectivity index (χ4n) is 2.15. The molecule has 1 aliphatic heterocycles. The number of aromatic nitrogens is 3. The van der Waals surface area contributed by atoms with Gasteiger partial charge in [0.2, 0.25) is 5.88 Å². The van der Waals surface area contributed by atoms with Gasteiger partial charge in [0, 0.05) is 12.3 Å². The number of H-pyrrole nitrogens is 1. The summed E-state index contributed by atoms with van der Waals surface area (Å²) in [5.74, 6) is 0.842. The Hall–Kier alpha value is -2.61. The number of amides is 1. The molecule has 1 aliphatic rings. The molecule has 0 saturated carbocycles. The molecule has 2 aromatic rings. The van der Waals surface area contributed by atoms with E-state index in [1.165, 1.54) is 13.3 Å². The lowest BCUT2D eigenvalue weighted by Crippen LogP contribution is -2.45. The Morgan fingerprint density at radius 3 is 3.00 bits per heavy atom. The minimum Gasteiger partial charge on any atom is -0.482 e. The summed E-state index contributed by atoms with van der Waals surface area (Å²) < 4.78 is 16.1. The van der Waals surface area contributed by atoms with Crippen LogP contribution in [0, 0.1) is 0 Å². The highest BCUT2D eigenvalue weighted by atomic mass is 16.5. The van der Waals surface area contributed by atoms with Crippen molar-refractivity contribution in [2.45, 2.75) is 12.1 Å². The monoisotopic (exact) mass is 304 g/mol. The third-order valence-electron chi connectivity index (χ3n) is 3.31. The Labute approximate surface area is 126 Å². The van der Waals surface area contributed by atoms with Crippen LogP contribution in [0.3, 0.4) is 0 Å². The van der Waals surface area contributed by atoms with Gasteiger partial charge in [-0.1, -0.05) is 0 Å². The molecule has 8 heteroatoms. The zero-order chi connectivity index (χ0) is 15.4. The van der Waals surface area contributed by atoms with Gasteiger partial charge >= 0.3 is 0 Å². The molecule has 1 fully saturated rings. The van der Waals surface area contributed by atoms with E-state index < -0.39 is 0 Å². The summed E-state index contributed by atoms with van der Waals surface area (Å²) in [7, 11) is 1.52. The molecule has 0 unspecified atom stereocenters. The van der Waals surface area contributed by atoms with Crippen LogP contribution in [0.2, 0.25) is 0 Å². The van der Waals surface area contributed by atoms with Gasteiger partial charge < -0.3 is 19.5 Å². The van der Waals surface area contributed by atoms with Crippen molar-refractivity contribution >= 4 is 5.91 Å². The molecule has 3 heterocycles. The summed E-state index contributed by atoms with van der Waals surface area (Å²) in [6.07, 6.45) is 4.43. The number of hydrogen-bond acceptors (Lipinski definition) is 6. The molecule has 0 aliphatic carbocycles. The average Bonchev–Trinajstić information content (AvgIpc) is 3.20. The van der Waals surface area contributed by atoms with Crippen LogP contribution in [-0.4, -0.2) is 53.6 Å². The van der Waals surface area contributed by atoms with E-state index in [1.807, 2.05) is 0 Å². The molecule has 116 valence electrons. The fourth-order valence-corrected chi connectivity index (χ4v) is 2.15. The molecule has 8 nitrogen and oxygen atoms in total. The highest BCUT2D eigenvalue weighted by molar-refractivity contribution is 5.94. The van der Waals surface area contributed by atoms with Crippen LogP contribution >= 0.6 is 0 Å². The normalized spacial score (nSPS) is 20.6. The largest absolute Gasteiger partial charge is 0.482 e. The second-order valence-corrected chi connectivity index (χ2v) is 4.80. The summed E-state index contributed by atoms with van der Waals surface area (Å²) in [6.45, 7) is 0.814. The van der Waals surface area contributed by atoms with E-state index in [0.717, 1.165) is 0 Å². The number of carbonyl (C=O) groups excluding carboxylic acids is 1. The van der Waals surface area contributed by atoms with Crippen LogP contribution in [0.5, 0.6) is 11.6 Å². The Kier molecular flexibility index (Phi) is 4.19. The summed E-state index contributed by atoms with van der Waals surface area (Å²) in [6, 6.07) is 3.06. The SMILES string of the molecule is COc1ccc(C(=O)N[C@H]2COC[C@H]2Oc2cn[nH]c2)cn1. The molecule has 3 rings (SSSR count). The first-order valence-electron chi connectivity index (χ1n) is 6.80. The van der Waals surface area contributed by atoms with Gasteiger partial charge in [0.25, 0.3) is 5.91 Å². The van der Waals surface area contributed by atoms with E-state index in [2.05, 4.69) is 20.5 Å². The van der Waals surface area contributed by atoms with Crippen LogP contribution in [0.15, 0.2) is 30.7 Å². The van der Waals surface area contributed by atoms with Gasteiger partial charge in [-0.05, 0) is 6.07 Å². The molecule has 0 radical (unpaired) electrons. The zero-order valence-corrected chi connectivity index (χ0v) is 12.0. The number of carbonyl (C=O) groups is 1. The first-order chi connectivity index (χ1) is 10.8. The molecule has 0 spiro atoms. The number of ether oxygens (including phenoxy) is 3.